The number of carbonyl (C=O) groups excluding carboxylic acids is 1. The fourth-order valence-electron chi connectivity index (χ4n) is 0.943. The molecule has 3 nitrogen and oxygen atoms in total. The van der Waals surface area contributed by atoms with Gasteiger partial charge in [-0.1, -0.05) is 12.0 Å². The predicted octanol–water partition coefficient (Wildman–Crippen LogP) is 0.954. The second-order valence-electron chi connectivity index (χ2n) is 3.00. The Labute approximate surface area is 83.3 Å². The van der Waals surface area contributed by atoms with Gasteiger partial charge in [0, 0.05) is 11.3 Å². The number of carbonyl (C=O) groups is 1. The van der Waals surface area contributed by atoms with Crippen LogP contribution in [0.25, 0.3) is 0 Å². The van der Waals surface area contributed by atoms with Crippen molar-refractivity contribution >= 4 is 11.6 Å². The molecule has 0 unspecified atom stereocenters. The minimum Gasteiger partial charge on any atom is -0.325 e. The van der Waals surface area contributed by atoms with Crippen molar-refractivity contribution in [3.05, 3.63) is 29.8 Å². The van der Waals surface area contributed by atoms with Crippen LogP contribution in [0.3, 0.4) is 0 Å². The summed E-state index contributed by atoms with van der Waals surface area (Å²) in [5, 5.41) is 2.66. The fourth-order valence-corrected chi connectivity index (χ4v) is 0.943. The summed E-state index contributed by atoms with van der Waals surface area (Å²) in [6.07, 6.45) is 5.22. The van der Waals surface area contributed by atoms with Crippen LogP contribution in [0.2, 0.25) is 0 Å². The van der Waals surface area contributed by atoms with Gasteiger partial charge in [-0.2, -0.15) is 0 Å². The zero-order valence-electron chi connectivity index (χ0n) is 7.95. The molecule has 0 fully saturated rings. The summed E-state index contributed by atoms with van der Waals surface area (Å²) in [7, 11) is 0. The van der Waals surface area contributed by atoms with Crippen LogP contribution >= 0.6 is 0 Å². The van der Waals surface area contributed by atoms with Crippen molar-refractivity contribution in [3.8, 4) is 12.3 Å². The molecule has 72 valence electrons. The molecule has 1 aromatic rings. The van der Waals surface area contributed by atoms with Crippen LogP contribution in [0.5, 0.6) is 0 Å². The Hall–Kier alpha value is -1.79. The highest BCUT2D eigenvalue weighted by Gasteiger charge is 2.06. The molecule has 1 amide bonds. The van der Waals surface area contributed by atoms with Crippen molar-refractivity contribution in [2.45, 2.75) is 13.0 Å². The Bertz CT molecular complexity index is 377. The Morgan fingerprint density at radius 1 is 1.64 bits per heavy atom. The summed E-state index contributed by atoms with van der Waals surface area (Å²) < 4.78 is 0. The number of rotatable bonds is 2. The number of amides is 1. The number of benzene rings is 1. The van der Waals surface area contributed by atoms with E-state index in [0.29, 0.717) is 5.69 Å². The monoisotopic (exact) mass is 188 g/mol. The second kappa shape index (κ2) is 4.45. The third kappa shape index (κ3) is 2.61. The maximum Gasteiger partial charge on any atom is 0.240 e. The van der Waals surface area contributed by atoms with Crippen molar-refractivity contribution in [2.75, 3.05) is 5.32 Å². The standard InChI is InChI=1S/C11H12N2O/c1-3-9-5-4-6-10(7-9)13-11(14)8(2)12/h1,4-8H,12H2,2H3,(H,13,14)/t8-/m0/s1. The Kier molecular flexibility index (Phi) is 3.27. The van der Waals surface area contributed by atoms with Gasteiger partial charge >= 0.3 is 0 Å². The summed E-state index contributed by atoms with van der Waals surface area (Å²) >= 11 is 0. The Morgan fingerprint density at radius 2 is 2.36 bits per heavy atom. The zero-order chi connectivity index (χ0) is 10.6. The first-order valence-electron chi connectivity index (χ1n) is 4.26. The van der Waals surface area contributed by atoms with Crippen LogP contribution in [0, 0.1) is 12.3 Å². The molecule has 3 N–H and O–H groups in total. The number of nitrogens with two attached hydrogens (primary N) is 1. The highest BCUT2D eigenvalue weighted by atomic mass is 16.2. The smallest absolute Gasteiger partial charge is 0.240 e. The first-order chi connectivity index (χ1) is 6.63. The summed E-state index contributed by atoms with van der Waals surface area (Å²) in [5.74, 6) is 2.26. The van der Waals surface area contributed by atoms with E-state index in [1.807, 2.05) is 0 Å². The molecule has 0 spiro atoms. The maximum absolute atomic E-state index is 11.2. The molecule has 0 aliphatic carbocycles. The van der Waals surface area contributed by atoms with Gasteiger partial charge in [0.1, 0.15) is 0 Å². The lowest BCUT2D eigenvalue weighted by atomic mass is 10.2. The number of anilines is 1. The summed E-state index contributed by atoms with van der Waals surface area (Å²) in [5.41, 5.74) is 6.80. The Balaban J connectivity index is 2.78. The molecule has 0 heterocycles. The molecular formula is C11H12N2O. The molecule has 1 rings (SSSR count). The van der Waals surface area contributed by atoms with E-state index in [0.717, 1.165) is 5.56 Å². The molecule has 0 aliphatic heterocycles. The molecule has 1 atom stereocenters. The van der Waals surface area contributed by atoms with Gasteiger partial charge < -0.3 is 11.1 Å². The quantitative estimate of drug-likeness (QED) is 0.679. The lowest BCUT2D eigenvalue weighted by Crippen LogP contribution is -2.32. The molecule has 0 bridgehead atoms. The molecule has 0 radical (unpaired) electrons. The zero-order valence-corrected chi connectivity index (χ0v) is 7.95. The van der Waals surface area contributed by atoms with Gasteiger partial charge in [0.2, 0.25) is 5.91 Å². The first-order valence-corrected chi connectivity index (χ1v) is 4.26. The van der Waals surface area contributed by atoms with Gasteiger partial charge in [0.25, 0.3) is 0 Å². The van der Waals surface area contributed by atoms with Crippen molar-refractivity contribution in [1.29, 1.82) is 0 Å². The molecule has 1 aromatic carbocycles. The minimum absolute atomic E-state index is 0.223. The largest absolute Gasteiger partial charge is 0.325 e. The topological polar surface area (TPSA) is 55.1 Å². The highest BCUT2D eigenvalue weighted by Crippen LogP contribution is 2.09. The van der Waals surface area contributed by atoms with Crippen LogP contribution in [-0.4, -0.2) is 11.9 Å². The van der Waals surface area contributed by atoms with Crippen molar-refractivity contribution in [2.24, 2.45) is 5.73 Å². The lowest BCUT2D eigenvalue weighted by Gasteiger charge is -2.07. The van der Waals surface area contributed by atoms with Crippen LogP contribution in [0.4, 0.5) is 5.69 Å². The van der Waals surface area contributed by atoms with E-state index in [2.05, 4.69) is 11.2 Å². The summed E-state index contributed by atoms with van der Waals surface area (Å²) in [6.45, 7) is 1.63. The van der Waals surface area contributed by atoms with Gasteiger partial charge in [0.15, 0.2) is 0 Å². The molecule has 0 aromatic heterocycles. The molecule has 3 heteroatoms. The van der Waals surface area contributed by atoms with E-state index in [1.54, 1.807) is 31.2 Å². The highest BCUT2D eigenvalue weighted by molar-refractivity contribution is 5.94. The summed E-state index contributed by atoms with van der Waals surface area (Å²) in [4.78, 5) is 11.2. The molecule has 0 aliphatic rings. The van der Waals surface area contributed by atoms with Crippen LogP contribution in [0.15, 0.2) is 24.3 Å². The average Bonchev–Trinajstić information content (AvgIpc) is 2.18. The van der Waals surface area contributed by atoms with Gasteiger partial charge in [-0.25, -0.2) is 0 Å². The van der Waals surface area contributed by atoms with Gasteiger partial charge in [0.05, 0.1) is 6.04 Å². The van der Waals surface area contributed by atoms with E-state index in [-0.39, 0.29) is 5.91 Å². The predicted molar refractivity (Wildman–Crippen MR) is 56.7 cm³/mol. The molecule has 0 saturated carbocycles. The SMILES string of the molecule is C#Cc1cccc(NC(=O)[C@H](C)N)c1. The van der Waals surface area contributed by atoms with Crippen LogP contribution in [-0.2, 0) is 4.79 Å². The molecule has 14 heavy (non-hydrogen) atoms. The van der Waals surface area contributed by atoms with Crippen molar-refractivity contribution in [1.82, 2.24) is 0 Å². The average molecular weight is 188 g/mol. The van der Waals surface area contributed by atoms with Crippen LogP contribution in [0.1, 0.15) is 12.5 Å². The van der Waals surface area contributed by atoms with Gasteiger partial charge in [-0.15, -0.1) is 6.42 Å². The summed E-state index contributed by atoms with van der Waals surface area (Å²) in [6, 6.07) is 6.54. The van der Waals surface area contributed by atoms with E-state index in [4.69, 9.17) is 12.2 Å². The number of hydrogen-bond donors (Lipinski definition) is 2. The van der Waals surface area contributed by atoms with Gasteiger partial charge in [-0.3, -0.25) is 4.79 Å². The molecular weight excluding hydrogens is 176 g/mol. The van der Waals surface area contributed by atoms with Gasteiger partial charge in [-0.05, 0) is 25.1 Å². The van der Waals surface area contributed by atoms with E-state index >= 15 is 0 Å². The lowest BCUT2D eigenvalue weighted by molar-refractivity contribution is -0.117. The molecule has 0 saturated heterocycles. The Morgan fingerprint density at radius 3 is 2.93 bits per heavy atom. The number of hydrogen-bond acceptors (Lipinski definition) is 2. The maximum atomic E-state index is 11.2. The van der Waals surface area contributed by atoms with Crippen molar-refractivity contribution < 1.29 is 4.79 Å². The normalized spacial score (nSPS) is 11.5. The second-order valence-corrected chi connectivity index (χ2v) is 3.00. The first kappa shape index (κ1) is 10.3. The number of terminal acetylenes is 1. The van der Waals surface area contributed by atoms with E-state index in [9.17, 15) is 4.79 Å². The fraction of sp³-hybridized carbons (Fsp3) is 0.182. The number of nitrogens with one attached hydrogen (secondary N) is 1. The van der Waals surface area contributed by atoms with E-state index in [1.165, 1.54) is 0 Å². The van der Waals surface area contributed by atoms with Crippen LogP contribution < -0.4 is 11.1 Å². The van der Waals surface area contributed by atoms with E-state index < -0.39 is 6.04 Å². The third-order valence-corrected chi connectivity index (χ3v) is 1.71. The third-order valence-electron chi connectivity index (χ3n) is 1.71. The minimum atomic E-state index is -0.524. The van der Waals surface area contributed by atoms with Crippen molar-refractivity contribution in [3.63, 3.8) is 0 Å².